The number of allylic oxidation sites excluding steroid dienone is 1. The number of nitrogens with zero attached hydrogens (tertiary/aromatic N) is 2. The van der Waals surface area contributed by atoms with Crippen molar-refractivity contribution in [2.75, 3.05) is 6.54 Å². The Morgan fingerprint density at radius 1 is 0.976 bits per heavy atom. The summed E-state index contributed by atoms with van der Waals surface area (Å²) in [5.74, 6) is 3.96. The van der Waals surface area contributed by atoms with Gasteiger partial charge in [0.1, 0.15) is 11.5 Å². The van der Waals surface area contributed by atoms with Crippen LogP contribution in [0.5, 0.6) is 0 Å². The smallest absolute Gasteiger partial charge is 0.305 e. The first-order valence-corrected chi connectivity index (χ1v) is 13.8. The molecule has 1 heterocycles. The molecular weight excluding hydrogens is 541 g/mol. The number of rotatable bonds is 14. The predicted molar refractivity (Wildman–Crippen MR) is 158 cm³/mol. The lowest BCUT2D eigenvalue weighted by molar-refractivity contribution is -0.139. The lowest BCUT2D eigenvalue weighted by atomic mass is 9.92. The normalized spacial score (nSPS) is 13.0. The van der Waals surface area contributed by atoms with Crippen molar-refractivity contribution in [2.45, 2.75) is 64.7 Å². The van der Waals surface area contributed by atoms with E-state index in [9.17, 15) is 29.0 Å². The Balaban J connectivity index is 2.23. The number of aromatic nitrogens is 1. The minimum absolute atomic E-state index is 0.0166. The van der Waals surface area contributed by atoms with E-state index in [1.54, 1.807) is 12.1 Å². The molecular formula is C32H38FN3O6. The highest BCUT2D eigenvalue weighted by Gasteiger charge is 2.32. The number of carboxylic acid groups (broad SMARTS) is 1. The van der Waals surface area contributed by atoms with Crippen LogP contribution in [-0.2, 0) is 16.0 Å². The third-order valence-electron chi connectivity index (χ3n) is 6.81. The predicted octanol–water partition coefficient (Wildman–Crippen LogP) is 4.52. The van der Waals surface area contributed by atoms with E-state index in [4.69, 9.17) is 10.9 Å². The maximum absolute atomic E-state index is 14.0. The second kappa shape index (κ2) is 14.7. The number of carboxylic acids is 1. The van der Waals surface area contributed by atoms with Gasteiger partial charge in [-0.15, -0.1) is 0 Å². The van der Waals surface area contributed by atoms with E-state index in [2.05, 4.69) is 0 Å². The number of hydrogen-bond acceptors (Lipinski definition) is 6. The van der Waals surface area contributed by atoms with Crippen molar-refractivity contribution in [3.63, 3.8) is 0 Å². The maximum Gasteiger partial charge on any atom is 0.305 e. The van der Waals surface area contributed by atoms with Crippen molar-refractivity contribution in [3.05, 3.63) is 84.0 Å². The summed E-state index contributed by atoms with van der Waals surface area (Å²) in [6.45, 7) is 5.20. The fraction of sp³-hybridized carbons (Fsp3) is 0.344. The van der Waals surface area contributed by atoms with Gasteiger partial charge >= 0.3 is 5.97 Å². The largest absolute Gasteiger partial charge is 0.481 e. The van der Waals surface area contributed by atoms with Crippen LogP contribution >= 0.6 is 0 Å². The summed E-state index contributed by atoms with van der Waals surface area (Å²) in [6.07, 6.45) is 0.423. The average Bonchev–Trinajstić information content (AvgIpc) is 3.27. The molecule has 0 bridgehead atoms. The minimum atomic E-state index is -1.21. The summed E-state index contributed by atoms with van der Waals surface area (Å²) in [6, 6.07) is 14.9. The number of aliphatic hydroxyl groups excluding tert-OH is 2. The molecule has 2 atom stereocenters. The van der Waals surface area contributed by atoms with Gasteiger partial charge in [-0.05, 0) is 69.4 Å². The molecule has 0 aliphatic heterocycles. The van der Waals surface area contributed by atoms with Gasteiger partial charge in [-0.25, -0.2) is 10.2 Å². The number of carbonyl (C=O) groups is 3. The molecule has 0 fully saturated rings. The van der Waals surface area contributed by atoms with E-state index in [1.807, 2.05) is 48.7 Å². The molecule has 3 rings (SSSR count). The number of halogens is 1. The van der Waals surface area contributed by atoms with E-state index in [0.29, 0.717) is 28.1 Å². The number of ketones is 1. The molecule has 0 saturated carbocycles. The zero-order chi connectivity index (χ0) is 31.0. The van der Waals surface area contributed by atoms with Crippen LogP contribution in [-0.4, -0.2) is 61.3 Å². The van der Waals surface area contributed by atoms with Crippen LogP contribution in [0, 0.1) is 5.82 Å². The lowest BCUT2D eigenvalue weighted by Crippen LogP contribution is -2.39. The van der Waals surface area contributed by atoms with Gasteiger partial charge < -0.3 is 19.9 Å². The standard InChI is InChI=1S/C32H38FN3O6/c1-20(2)36-27(16-15-25(38)18-26(39)19-28(40)41)29(23-11-13-24(33)14-12-23)30(22-9-5-4-6-10-22)31(36)32(42)35(34)17-7-8-21(3)37/h4-14,20,25-26,38-39H,15-19,34H2,1-3H3,(H,40,41)/t25-,26-/m1/s1. The molecule has 9 nitrogen and oxygen atoms in total. The number of aliphatic hydroxyl groups is 2. The van der Waals surface area contributed by atoms with Crippen molar-refractivity contribution >= 4 is 17.7 Å². The third kappa shape index (κ3) is 8.22. The zero-order valence-electron chi connectivity index (χ0n) is 24.0. The number of hydrogen-bond donors (Lipinski definition) is 4. The number of hydrazine groups is 1. The molecule has 0 saturated heterocycles. The van der Waals surface area contributed by atoms with Gasteiger partial charge in [0.25, 0.3) is 5.91 Å². The SMILES string of the molecule is CC(=O)C=CCN(N)C(=O)c1c(-c2ccccc2)c(-c2ccc(F)cc2)c(CC[C@@H](O)C[C@@H](O)CC(=O)O)n1C(C)C. The summed E-state index contributed by atoms with van der Waals surface area (Å²) in [5.41, 5.74) is 3.62. The fourth-order valence-electron chi connectivity index (χ4n) is 5.05. The second-order valence-electron chi connectivity index (χ2n) is 10.5. The zero-order valence-corrected chi connectivity index (χ0v) is 24.0. The molecule has 10 heteroatoms. The Labute approximate surface area is 244 Å². The first-order valence-electron chi connectivity index (χ1n) is 13.8. The highest BCUT2D eigenvalue weighted by molar-refractivity contribution is 6.05. The fourth-order valence-corrected chi connectivity index (χ4v) is 5.05. The van der Waals surface area contributed by atoms with Crippen molar-refractivity contribution in [2.24, 2.45) is 5.84 Å². The summed E-state index contributed by atoms with van der Waals surface area (Å²) >= 11 is 0. The minimum Gasteiger partial charge on any atom is -0.481 e. The van der Waals surface area contributed by atoms with Crippen LogP contribution in [0.4, 0.5) is 4.39 Å². The van der Waals surface area contributed by atoms with E-state index < -0.39 is 36.3 Å². The number of carbonyl (C=O) groups excluding carboxylic acids is 2. The molecule has 1 aromatic heterocycles. The summed E-state index contributed by atoms with van der Waals surface area (Å²) in [4.78, 5) is 36.4. The van der Waals surface area contributed by atoms with E-state index >= 15 is 0 Å². The molecule has 1 amide bonds. The van der Waals surface area contributed by atoms with Crippen LogP contribution in [0.1, 0.15) is 62.3 Å². The molecule has 0 spiro atoms. The highest BCUT2D eigenvalue weighted by atomic mass is 19.1. The van der Waals surface area contributed by atoms with Crippen molar-refractivity contribution < 1.29 is 34.1 Å². The van der Waals surface area contributed by atoms with Gasteiger partial charge in [-0.3, -0.25) is 19.4 Å². The van der Waals surface area contributed by atoms with Crippen LogP contribution in [0.2, 0.25) is 0 Å². The van der Waals surface area contributed by atoms with Crippen LogP contribution in [0.25, 0.3) is 22.3 Å². The molecule has 0 aliphatic carbocycles. The monoisotopic (exact) mass is 579 g/mol. The van der Waals surface area contributed by atoms with Crippen LogP contribution < -0.4 is 5.84 Å². The highest BCUT2D eigenvalue weighted by Crippen LogP contribution is 2.43. The van der Waals surface area contributed by atoms with Crippen LogP contribution in [0.3, 0.4) is 0 Å². The molecule has 0 unspecified atom stereocenters. The summed E-state index contributed by atoms with van der Waals surface area (Å²) in [5, 5.41) is 30.8. The Bertz CT molecular complexity index is 1420. The molecule has 0 radical (unpaired) electrons. The quantitative estimate of drug-likeness (QED) is 0.0950. The molecule has 3 aromatic rings. The second-order valence-corrected chi connectivity index (χ2v) is 10.5. The van der Waals surface area contributed by atoms with E-state index in [0.717, 1.165) is 10.6 Å². The first kappa shape index (κ1) is 32.4. The molecule has 42 heavy (non-hydrogen) atoms. The molecule has 0 aliphatic rings. The van der Waals surface area contributed by atoms with E-state index in [1.165, 1.54) is 31.2 Å². The number of aliphatic carboxylic acids is 1. The van der Waals surface area contributed by atoms with Gasteiger partial charge in [-0.1, -0.05) is 48.5 Å². The van der Waals surface area contributed by atoms with Gasteiger partial charge in [-0.2, -0.15) is 0 Å². The Kier molecular flexibility index (Phi) is 11.3. The Morgan fingerprint density at radius 2 is 1.60 bits per heavy atom. The number of amides is 1. The molecule has 2 aromatic carbocycles. The number of nitrogens with two attached hydrogens (primary N) is 1. The van der Waals surface area contributed by atoms with Crippen molar-refractivity contribution in [1.29, 1.82) is 0 Å². The maximum atomic E-state index is 14.0. The molecule has 5 N–H and O–H groups in total. The third-order valence-corrected chi connectivity index (χ3v) is 6.81. The van der Waals surface area contributed by atoms with E-state index in [-0.39, 0.29) is 37.6 Å². The topological polar surface area (TPSA) is 146 Å². The van der Waals surface area contributed by atoms with Crippen LogP contribution in [0.15, 0.2) is 66.7 Å². The van der Waals surface area contributed by atoms with Crippen molar-refractivity contribution in [3.8, 4) is 22.3 Å². The van der Waals surface area contributed by atoms with Gasteiger partial charge in [0.05, 0.1) is 25.2 Å². The number of benzene rings is 2. The van der Waals surface area contributed by atoms with Gasteiger partial charge in [0, 0.05) is 22.9 Å². The summed E-state index contributed by atoms with van der Waals surface area (Å²) in [7, 11) is 0. The first-order chi connectivity index (χ1) is 19.9. The average molecular weight is 580 g/mol. The van der Waals surface area contributed by atoms with Crippen molar-refractivity contribution in [1.82, 2.24) is 9.58 Å². The Morgan fingerprint density at radius 3 is 2.17 bits per heavy atom. The summed E-state index contributed by atoms with van der Waals surface area (Å²) < 4.78 is 15.9. The van der Waals surface area contributed by atoms with Gasteiger partial charge in [0.2, 0.25) is 0 Å². The lowest BCUT2D eigenvalue weighted by Gasteiger charge is -2.22. The molecule has 224 valence electrons. The van der Waals surface area contributed by atoms with Gasteiger partial charge in [0.15, 0.2) is 5.78 Å². The Hall–Kier alpha value is -4.12.